The van der Waals surface area contributed by atoms with Crippen LogP contribution in [0.5, 0.6) is 0 Å². The number of benzene rings is 1. The van der Waals surface area contributed by atoms with Crippen LogP contribution in [0.4, 0.5) is 0 Å². The fourth-order valence-electron chi connectivity index (χ4n) is 1.45. The summed E-state index contributed by atoms with van der Waals surface area (Å²) >= 11 is 1.79. The SMILES string of the molecule is C(=C/c1ccccc1)/CNCc1cccs1. The van der Waals surface area contributed by atoms with E-state index >= 15 is 0 Å². The Balaban J connectivity index is 1.70. The van der Waals surface area contributed by atoms with Gasteiger partial charge in [0.05, 0.1) is 0 Å². The summed E-state index contributed by atoms with van der Waals surface area (Å²) in [6.45, 7) is 1.86. The largest absolute Gasteiger partial charge is 0.308 e. The maximum Gasteiger partial charge on any atom is 0.0302 e. The molecule has 0 amide bonds. The van der Waals surface area contributed by atoms with E-state index in [1.807, 2.05) is 6.07 Å². The molecule has 82 valence electrons. The van der Waals surface area contributed by atoms with E-state index in [1.54, 1.807) is 11.3 Å². The van der Waals surface area contributed by atoms with Crippen LogP contribution in [0, 0.1) is 0 Å². The highest BCUT2D eigenvalue weighted by molar-refractivity contribution is 7.09. The van der Waals surface area contributed by atoms with Crippen LogP contribution in [0.15, 0.2) is 53.9 Å². The number of thiophene rings is 1. The van der Waals surface area contributed by atoms with E-state index in [2.05, 4.69) is 59.2 Å². The zero-order valence-electron chi connectivity index (χ0n) is 9.10. The second-order valence-corrected chi connectivity index (χ2v) is 4.56. The Bertz CT molecular complexity index is 417. The summed E-state index contributed by atoms with van der Waals surface area (Å²) in [6.07, 6.45) is 4.30. The summed E-state index contributed by atoms with van der Waals surface area (Å²) in [4.78, 5) is 1.38. The van der Waals surface area contributed by atoms with Gasteiger partial charge in [-0.15, -0.1) is 11.3 Å². The standard InChI is InChI=1S/C14H15NS/c1-2-6-13(7-3-1)8-4-10-15-12-14-9-5-11-16-14/h1-9,11,15H,10,12H2/b8-4-. The van der Waals surface area contributed by atoms with Crippen molar-refractivity contribution in [3.63, 3.8) is 0 Å². The van der Waals surface area contributed by atoms with Crippen LogP contribution < -0.4 is 5.32 Å². The molecule has 0 unspecified atom stereocenters. The van der Waals surface area contributed by atoms with E-state index in [-0.39, 0.29) is 0 Å². The molecule has 0 bridgehead atoms. The normalized spacial score (nSPS) is 11.0. The van der Waals surface area contributed by atoms with Gasteiger partial charge in [-0.25, -0.2) is 0 Å². The summed E-state index contributed by atoms with van der Waals surface area (Å²) in [6, 6.07) is 14.6. The fraction of sp³-hybridized carbons (Fsp3) is 0.143. The molecule has 16 heavy (non-hydrogen) atoms. The number of rotatable bonds is 5. The third kappa shape index (κ3) is 3.65. The van der Waals surface area contributed by atoms with Crippen molar-refractivity contribution in [1.29, 1.82) is 0 Å². The summed E-state index contributed by atoms with van der Waals surface area (Å²) in [5.74, 6) is 0. The molecule has 2 aromatic rings. The Hall–Kier alpha value is -1.38. The molecule has 0 aliphatic rings. The van der Waals surface area contributed by atoms with Gasteiger partial charge in [-0.1, -0.05) is 48.6 Å². The van der Waals surface area contributed by atoms with Crippen LogP contribution in [-0.4, -0.2) is 6.54 Å². The first-order valence-electron chi connectivity index (χ1n) is 5.40. The van der Waals surface area contributed by atoms with Gasteiger partial charge in [-0.2, -0.15) is 0 Å². The predicted molar refractivity (Wildman–Crippen MR) is 71.5 cm³/mol. The highest BCUT2D eigenvalue weighted by Crippen LogP contribution is 2.07. The van der Waals surface area contributed by atoms with Gasteiger partial charge >= 0.3 is 0 Å². The molecule has 0 radical (unpaired) electrons. The topological polar surface area (TPSA) is 12.0 Å². The van der Waals surface area contributed by atoms with Gasteiger partial charge in [0.15, 0.2) is 0 Å². The first kappa shape index (κ1) is 11.1. The quantitative estimate of drug-likeness (QED) is 0.773. The van der Waals surface area contributed by atoms with Crippen LogP contribution in [0.25, 0.3) is 6.08 Å². The molecule has 0 spiro atoms. The highest BCUT2D eigenvalue weighted by atomic mass is 32.1. The van der Waals surface area contributed by atoms with E-state index in [1.165, 1.54) is 10.4 Å². The fourth-order valence-corrected chi connectivity index (χ4v) is 2.13. The Morgan fingerprint density at radius 2 is 1.94 bits per heavy atom. The minimum absolute atomic E-state index is 0.910. The van der Waals surface area contributed by atoms with Crippen molar-refractivity contribution in [3.8, 4) is 0 Å². The molecule has 2 heteroatoms. The molecule has 1 nitrogen and oxygen atoms in total. The minimum Gasteiger partial charge on any atom is -0.308 e. The average Bonchev–Trinajstić information content (AvgIpc) is 2.83. The molecule has 0 aliphatic carbocycles. The third-order valence-corrected chi connectivity index (χ3v) is 3.13. The molecular formula is C14H15NS. The molecule has 1 aromatic carbocycles. The van der Waals surface area contributed by atoms with Gasteiger partial charge < -0.3 is 5.32 Å². The summed E-state index contributed by atoms with van der Waals surface area (Å²) in [5.41, 5.74) is 1.25. The average molecular weight is 229 g/mol. The van der Waals surface area contributed by atoms with E-state index in [4.69, 9.17) is 0 Å². The lowest BCUT2D eigenvalue weighted by Crippen LogP contribution is -2.11. The number of hydrogen-bond acceptors (Lipinski definition) is 2. The van der Waals surface area contributed by atoms with Crippen LogP contribution in [0.1, 0.15) is 10.4 Å². The van der Waals surface area contributed by atoms with Crippen molar-refractivity contribution in [2.24, 2.45) is 0 Å². The van der Waals surface area contributed by atoms with Gasteiger partial charge in [0.2, 0.25) is 0 Å². The smallest absolute Gasteiger partial charge is 0.0302 e. The summed E-state index contributed by atoms with van der Waals surface area (Å²) < 4.78 is 0. The van der Waals surface area contributed by atoms with Crippen LogP contribution in [-0.2, 0) is 6.54 Å². The van der Waals surface area contributed by atoms with E-state index in [0.717, 1.165) is 13.1 Å². The van der Waals surface area contributed by atoms with Crippen molar-refractivity contribution in [3.05, 3.63) is 64.4 Å². The molecule has 0 saturated heterocycles. The molecular weight excluding hydrogens is 214 g/mol. The lowest BCUT2D eigenvalue weighted by molar-refractivity contribution is 0.771. The zero-order chi connectivity index (χ0) is 11.1. The molecule has 1 N–H and O–H groups in total. The van der Waals surface area contributed by atoms with Gasteiger partial charge in [0, 0.05) is 18.0 Å². The van der Waals surface area contributed by atoms with Gasteiger partial charge in [-0.05, 0) is 17.0 Å². The van der Waals surface area contributed by atoms with E-state index in [0.29, 0.717) is 0 Å². The summed E-state index contributed by atoms with van der Waals surface area (Å²) in [7, 11) is 0. The molecule has 1 heterocycles. The first-order chi connectivity index (χ1) is 7.95. The van der Waals surface area contributed by atoms with Crippen molar-refractivity contribution >= 4 is 17.4 Å². The van der Waals surface area contributed by atoms with Crippen molar-refractivity contribution < 1.29 is 0 Å². The molecule has 0 aliphatic heterocycles. The van der Waals surface area contributed by atoms with Crippen molar-refractivity contribution in [2.75, 3.05) is 6.54 Å². The van der Waals surface area contributed by atoms with E-state index in [9.17, 15) is 0 Å². The zero-order valence-corrected chi connectivity index (χ0v) is 9.91. The van der Waals surface area contributed by atoms with Gasteiger partial charge in [0.25, 0.3) is 0 Å². The lowest BCUT2D eigenvalue weighted by Gasteiger charge is -1.97. The Kier molecular flexibility index (Phi) is 4.35. The predicted octanol–water partition coefficient (Wildman–Crippen LogP) is 3.55. The second kappa shape index (κ2) is 6.26. The second-order valence-electron chi connectivity index (χ2n) is 3.52. The van der Waals surface area contributed by atoms with Crippen molar-refractivity contribution in [1.82, 2.24) is 5.32 Å². The van der Waals surface area contributed by atoms with Crippen molar-refractivity contribution in [2.45, 2.75) is 6.54 Å². The Labute approximate surface area is 100 Å². The number of nitrogens with one attached hydrogen (secondary N) is 1. The third-order valence-electron chi connectivity index (χ3n) is 2.25. The van der Waals surface area contributed by atoms with Gasteiger partial charge in [0.1, 0.15) is 0 Å². The molecule has 2 rings (SSSR count). The van der Waals surface area contributed by atoms with Gasteiger partial charge in [-0.3, -0.25) is 0 Å². The van der Waals surface area contributed by atoms with Crippen LogP contribution in [0.2, 0.25) is 0 Å². The van der Waals surface area contributed by atoms with Crippen LogP contribution >= 0.6 is 11.3 Å². The first-order valence-corrected chi connectivity index (χ1v) is 6.28. The molecule has 0 fully saturated rings. The molecule has 1 aromatic heterocycles. The molecule has 0 atom stereocenters. The monoisotopic (exact) mass is 229 g/mol. The Morgan fingerprint density at radius 3 is 2.69 bits per heavy atom. The lowest BCUT2D eigenvalue weighted by atomic mass is 10.2. The Morgan fingerprint density at radius 1 is 1.06 bits per heavy atom. The number of hydrogen-bond donors (Lipinski definition) is 1. The van der Waals surface area contributed by atoms with E-state index < -0.39 is 0 Å². The van der Waals surface area contributed by atoms with Crippen LogP contribution in [0.3, 0.4) is 0 Å². The minimum atomic E-state index is 0.910. The maximum atomic E-state index is 3.38. The summed E-state index contributed by atoms with van der Waals surface area (Å²) in [5, 5.41) is 5.49. The highest BCUT2D eigenvalue weighted by Gasteiger charge is 1.90. The molecule has 0 saturated carbocycles. The maximum absolute atomic E-state index is 3.38.